The van der Waals surface area contributed by atoms with Crippen LogP contribution in [-0.4, -0.2) is 23.1 Å². The molecule has 1 aromatic carbocycles. The molecule has 1 aliphatic heterocycles. The molecular formula is C12H16FNO. The van der Waals surface area contributed by atoms with E-state index in [-0.39, 0.29) is 5.82 Å². The van der Waals surface area contributed by atoms with Gasteiger partial charge in [-0.25, -0.2) is 4.39 Å². The van der Waals surface area contributed by atoms with Crippen LogP contribution in [0.15, 0.2) is 24.3 Å². The summed E-state index contributed by atoms with van der Waals surface area (Å²) in [6.07, 6.45) is 2.15. The number of aliphatic hydroxyl groups is 1. The van der Waals surface area contributed by atoms with Crippen LogP contribution in [0.5, 0.6) is 0 Å². The Morgan fingerprint density at radius 2 is 1.87 bits per heavy atom. The van der Waals surface area contributed by atoms with Gasteiger partial charge >= 0.3 is 0 Å². The molecule has 0 saturated carbocycles. The van der Waals surface area contributed by atoms with E-state index in [9.17, 15) is 9.50 Å². The van der Waals surface area contributed by atoms with Gasteiger partial charge in [0.2, 0.25) is 0 Å². The zero-order chi connectivity index (χ0) is 10.9. The van der Waals surface area contributed by atoms with Crippen molar-refractivity contribution in [3.8, 4) is 0 Å². The minimum Gasteiger partial charge on any atom is -0.372 e. The molecule has 0 bridgehead atoms. The van der Waals surface area contributed by atoms with Gasteiger partial charge in [0, 0.05) is 18.7 Å². The van der Waals surface area contributed by atoms with Gasteiger partial charge < -0.3 is 5.11 Å². The first-order valence-corrected chi connectivity index (χ1v) is 5.35. The topological polar surface area (TPSA) is 23.5 Å². The van der Waals surface area contributed by atoms with E-state index in [0.29, 0.717) is 5.56 Å². The van der Waals surface area contributed by atoms with Crippen LogP contribution >= 0.6 is 0 Å². The van der Waals surface area contributed by atoms with E-state index in [1.165, 1.54) is 6.07 Å². The molecule has 2 nitrogen and oxygen atoms in total. The lowest BCUT2D eigenvalue weighted by Crippen LogP contribution is -2.42. The molecule has 1 aliphatic rings. The van der Waals surface area contributed by atoms with Crippen molar-refractivity contribution < 1.29 is 9.50 Å². The van der Waals surface area contributed by atoms with Crippen molar-refractivity contribution in [3.63, 3.8) is 0 Å². The highest BCUT2D eigenvalue weighted by molar-refractivity contribution is 5.23. The summed E-state index contributed by atoms with van der Waals surface area (Å²) in [5.41, 5.74) is -0.811. The van der Waals surface area contributed by atoms with Crippen LogP contribution in [0.3, 0.4) is 0 Å². The van der Waals surface area contributed by atoms with Gasteiger partial charge in [-0.2, -0.15) is 0 Å². The molecule has 0 spiro atoms. The second kappa shape index (κ2) is 3.91. The summed E-state index contributed by atoms with van der Waals surface area (Å²) in [6.45, 7) is 3.33. The number of rotatable bonds is 2. The molecule has 1 N–H and O–H groups in total. The predicted molar refractivity (Wildman–Crippen MR) is 56.8 cm³/mol. The lowest BCUT2D eigenvalue weighted by Gasteiger charge is -2.34. The van der Waals surface area contributed by atoms with Crippen molar-refractivity contribution in [2.24, 2.45) is 0 Å². The van der Waals surface area contributed by atoms with Crippen molar-refractivity contribution in [2.75, 3.05) is 13.1 Å². The highest BCUT2D eigenvalue weighted by atomic mass is 19.1. The van der Waals surface area contributed by atoms with E-state index in [4.69, 9.17) is 0 Å². The number of hydrogen-bond donors (Lipinski definition) is 1. The monoisotopic (exact) mass is 209 g/mol. The molecule has 15 heavy (non-hydrogen) atoms. The third-order valence-electron chi connectivity index (χ3n) is 3.11. The van der Waals surface area contributed by atoms with Crippen LogP contribution < -0.4 is 0 Å². The number of nitrogens with zero attached hydrogens (tertiary/aromatic N) is 1. The Morgan fingerprint density at radius 1 is 1.27 bits per heavy atom. The quantitative estimate of drug-likeness (QED) is 0.806. The Hall–Kier alpha value is -0.930. The van der Waals surface area contributed by atoms with Gasteiger partial charge in [-0.15, -0.1) is 0 Å². The third-order valence-corrected chi connectivity index (χ3v) is 3.11. The van der Waals surface area contributed by atoms with Crippen molar-refractivity contribution in [1.29, 1.82) is 0 Å². The first-order chi connectivity index (χ1) is 7.12. The van der Waals surface area contributed by atoms with Crippen LogP contribution in [0.25, 0.3) is 0 Å². The molecule has 1 atom stereocenters. The molecule has 2 rings (SSSR count). The molecule has 1 fully saturated rings. The Bertz CT molecular complexity index is 345. The minimum atomic E-state index is -1.18. The predicted octanol–water partition coefficient (Wildman–Crippen LogP) is 2.09. The molecule has 1 aromatic rings. The first kappa shape index (κ1) is 10.6. The molecule has 0 aromatic heterocycles. The largest absolute Gasteiger partial charge is 0.372 e. The molecule has 1 heterocycles. The summed E-state index contributed by atoms with van der Waals surface area (Å²) in [5, 5.41) is 10.4. The molecule has 82 valence electrons. The van der Waals surface area contributed by atoms with E-state index < -0.39 is 5.72 Å². The molecule has 1 unspecified atom stereocenters. The number of hydrogen-bond acceptors (Lipinski definition) is 2. The fourth-order valence-electron chi connectivity index (χ4n) is 2.17. The molecule has 0 amide bonds. The van der Waals surface area contributed by atoms with Gasteiger partial charge in [0.15, 0.2) is 0 Å². The molecular weight excluding hydrogens is 193 g/mol. The number of benzene rings is 1. The average molecular weight is 209 g/mol. The SMILES string of the molecule is CC(O)(c1ccccc1F)N1CCCC1. The normalized spacial score (nSPS) is 21.5. The van der Waals surface area contributed by atoms with E-state index in [1.807, 2.05) is 4.90 Å². The molecule has 1 saturated heterocycles. The third kappa shape index (κ3) is 1.90. The number of halogens is 1. The van der Waals surface area contributed by atoms with Gasteiger partial charge in [0.05, 0.1) is 0 Å². The highest BCUT2D eigenvalue weighted by Gasteiger charge is 2.34. The van der Waals surface area contributed by atoms with Crippen LogP contribution in [0, 0.1) is 5.82 Å². The molecule has 0 radical (unpaired) electrons. The van der Waals surface area contributed by atoms with Crippen molar-refractivity contribution in [1.82, 2.24) is 4.90 Å². The smallest absolute Gasteiger partial charge is 0.144 e. The highest BCUT2D eigenvalue weighted by Crippen LogP contribution is 2.30. The second-order valence-corrected chi connectivity index (χ2v) is 4.19. The first-order valence-electron chi connectivity index (χ1n) is 5.35. The van der Waals surface area contributed by atoms with Crippen molar-refractivity contribution >= 4 is 0 Å². The van der Waals surface area contributed by atoms with Gasteiger partial charge in [-0.3, -0.25) is 4.90 Å². The lowest BCUT2D eigenvalue weighted by atomic mass is 10.0. The fourth-order valence-corrected chi connectivity index (χ4v) is 2.17. The second-order valence-electron chi connectivity index (χ2n) is 4.19. The summed E-state index contributed by atoms with van der Waals surface area (Å²) < 4.78 is 13.6. The minimum absolute atomic E-state index is 0.339. The summed E-state index contributed by atoms with van der Waals surface area (Å²) in [7, 11) is 0. The standard InChI is InChI=1S/C12H16FNO/c1-12(15,14-8-4-5-9-14)10-6-2-3-7-11(10)13/h2-3,6-7,15H,4-5,8-9H2,1H3. The van der Waals surface area contributed by atoms with Crippen molar-refractivity contribution in [3.05, 3.63) is 35.6 Å². The Kier molecular flexibility index (Phi) is 2.76. The van der Waals surface area contributed by atoms with E-state index in [1.54, 1.807) is 25.1 Å². The fraction of sp³-hybridized carbons (Fsp3) is 0.500. The summed E-state index contributed by atoms with van der Waals surface area (Å²) in [4.78, 5) is 1.92. The van der Waals surface area contributed by atoms with E-state index in [0.717, 1.165) is 25.9 Å². The zero-order valence-electron chi connectivity index (χ0n) is 8.91. The van der Waals surface area contributed by atoms with Crippen LogP contribution in [0.4, 0.5) is 4.39 Å². The molecule has 0 aliphatic carbocycles. The summed E-state index contributed by atoms with van der Waals surface area (Å²) >= 11 is 0. The maximum Gasteiger partial charge on any atom is 0.144 e. The van der Waals surface area contributed by atoms with E-state index in [2.05, 4.69) is 0 Å². The van der Waals surface area contributed by atoms with Gasteiger partial charge in [0.25, 0.3) is 0 Å². The van der Waals surface area contributed by atoms with Crippen LogP contribution in [0.2, 0.25) is 0 Å². The summed E-state index contributed by atoms with van der Waals surface area (Å²) in [5.74, 6) is -0.339. The Labute approximate surface area is 89.3 Å². The Balaban J connectivity index is 2.31. The van der Waals surface area contributed by atoms with Crippen LogP contribution in [-0.2, 0) is 5.72 Å². The number of likely N-dealkylation sites (tertiary alicyclic amines) is 1. The van der Waals surface area contributed by atoms with E-state index >= 15 is 0 Å². The zero-order valence-corrected chi connectivity index (χ0v) is 8.91. The maximum atomic E-state index is 13.6. The Morgan fingerprint density at radius 3 is 2.47 bits per heavy atom. The van der Waals surface area contributed by atoms with Gasteiger partial charge in [-0.05, 0) is 25.8 Å². The lowest BCUT2D eigenvalue weighted by molar-refractivity contribution is -0.0906. The van der Waals surface area contributed by atoms with Gasteiger partial charge in [-0.1, -0.05) is 18.2 Å². The summed E-state index contributed by atoms with van der Waals surface area (Å²) in [6, 6.07) is 6.43. The van der Waals surface area contributed by atoms with Crippen molar-refractivity contribution in [2.45, 2.75) is 25.5 Å². The maximum absolute atomic E-state index is 13.6. The average Bonchev–Trinajstić information content (AvgIpc) is 2.71. The van der Waals surface area contributed by atoms with Gasteiger partial charge in [0.1, 0.15) is 11.5 Å². The molecule has 3 heteroatoms. The van der Waals surface area contributed by atoms with Crippen LogP contribution in [0.1, 0.15) is 25.3 Å².